The van der Waals surface area contributed by atoms with Crippen molar-refractivity contribution in [2.75, 3.05) is 0 Å². The number of halogens is 1. The van der Waals surface area contributed by atoms with Crippen molar-refractivity contribution < 1.29 is 4.74 Å². The lowest BCUT2D eigenvalue weighted by Crippen LogP contribution is -2.06. The molecule has 0 radical (unpaired) electrons. The molecule has 0 aromatic heterocycles. The van der Waals surface area contributed by atoms with Gasteiger partial charge in [0.05, 0.1) is 0 Å². The molecule has 0 aliphatic carbocycles. The maximum Gasteiger partial charge on any atom is 0.119 e. The van der Waals surface area contributed by atoms with Gasteiger partial charge in [0.1, 0.15) is 12.4 Å². The molecule has 0 bridgehead atoms. The maximum absolute atomic E-state index is 5.87. The van der Waals surface area contributed by atoms with Crippen LogP contribution in [0.1, 0.15) is 19.4 Å². The van der Waals surface area contributed by atoms with Crippen LogP contribution in [0.2, 0.25) is 5.02 Å². The third-order valence-electron chi connectivity index (χ3n) is 2.04. The molecule has 0 aliphatic heterocycles. The third-order valence-corrected chi connectivity index (χ3v) is 2.27. The zero-order valence-electron chi connectivity index (χ0n) is 11.3. The van der Waals surface area contributed by atoms with Gasteiger partial charge in [-0.2, -0.15) is 0 Å². The molecule has 102 valence electrons. The van der Waals surface area contributed by atoms with Crippen molar-refractivity contribution in [1.29, 1.82) is 0 Å². The summed E-state index contributed by atoms with van der Waals surface area (Å²) >= 11 is 5.87. The summed E-state index contributed by atoms with van der Waals surface area (Å²) in [5.41, 5.74) is 6.19. The Balaban J connectivity index is 0.000000399. The van der Waals surface area contributed by atoms with Gasteiger partial charge in [-0.3, -0.25) is 0 Å². The molecule has 0 heterocycles. The number of rotatable bonds is 3. The largest absolute Gasteiger partial charge is 0.489 e. The summed E-state index contributed by atoms with van der Waals surface area (Å²) in [6.45, 7) is 4.44. The Morgan fingerprint density at radius 1 is 1.05 bits per heavy atom. The topological polar surface area (TPSA) is 35.2 Å². The van der Waals surface area contributed by atoms with E-state index < -0.39 is 0 Å². The van der Waals surface area contributed by atoms with Gasteiger partial charge in [-0.05, 0) is 35.9 Å². The molecule has 2 rings (SSSR count). The van der Waals surface area contributed by atoms with E-state index >= 15 is 0 Å². The fraction of sp³-hybridized carbons (Fsp3) is 0.250. The Hall–Kier alpha value is -1.51. The quantitative estimate of drug-likeness (QED) is 0.909. The van der Waals surface area contributed by atoms with Crippen LogP contribution in [0.25, 0.3) is 0 Å². The van der Waals surface area contributed by atoms with Crippen molar-refractivity contribution in [2.45, 2.75) is 26.5 Å². The first-order chi connectivity index (χ1) is 9.08. The van der Waals surface area contributed by atoms with Gasteiger partial charge < -0.3 is 10.5 Å². The molecule has 0 spiro atoms. The maximum atomic E-state index is 5.87. The highest BCUT2D eigenvalue weighted by atomic mass is 35.5. The fourth-order valence-electron chi connectivity index (χ4n) is 1.31. The van der Waals surface area contributed by atoms with Gasteiger partial charge in [-0.1, -0.05) is 55.8 Å². The lowest BCUT2D eigenvalue weighted by molar-refractivity contribution is 0.306. The third kappa shape index (κ3) is 7.50. The summed E-state index contributed by atoms with van der Waals surface area (Å²) < 4.78 is 5.59. The van der Waals surface area contributed by atoms with E-state index in [-0.39, 0.29) is 0 Å². The average molecular weight is 278 g/mol. The van der Waals surface area contributed by atoms with E-state index in [1.54, 1.807) is 0 Å². The Morgan fingerprint density at radius 3 is 2.26 bits per heavy atom. The summed E-state index contributed by atoms with van der Waals surface area (Å²) in [4.78, 5) is 0. The first-order valence-corrected chi connectivity index (χ1v) is 6.63. The number of hydrogen-bond acceptors (Lipinski definition) is 2. The highest BCUT2D eigenvalue weighted by molar-refractivity contribution is 6.30. The standard InChI is InChI=1S/C13H11ClO.C3H9N/c14-12-6-4-5-11(9-12)10-15-13-7-2-1-3-8-13;1-3(2)4/h1-9H,10H2;3H,4H2,1-2H3. The van der Waals surface area contributed by atoms with Crippen LogP contribution >= 0.6 is 11.6 Å². The first-order valence-electron chi connectivity index (χ1n) is 6.26. The molecule has 0 amide bonds. The lowest BCUT2D eigenvalue weighted by Gasteiger charge is -2.05. The van der Waals surface area contributed by atoms with Crippen LogP contribution in [0.15, 0.2) is 54.6 Å². The number of hydrogen-bond donors (Lipinski definition) is 1. The number of para-hydroxylation sites is 1. The van der Waals surface area contributed by atoms with Crippen molar-refractivity contribution in [2.24, 2.45) is 5.73 Å². The second-order valence-electron chi connectivity index (χ2n) is 4.48. The molecule has 2 aromatic carbocycles. The molecule has 2 aromatic rings. The summed E-state index contributed by atoms with van der Waals surface area (Å²) in [5, 5.41) is 0.740. The van der Waals surface area contributed by atoms with E-state index in [2.05, 4.69) is 0 Å². The highest BCUT2D eigenvalue weighted by Crippen LogP contribution is 2.14. The van der Waals surface area contributed by atoms with Crippen molar-refractivity contribution in [3.63, 3.8) is 0 Å². The number of ether oxygens (including phenoxy) is 1. The minimum atomic E-state index is 0.333. The van der Waals surface area contributed by atoms with Crippen LogP contribution in [0.5, 0.6) is 5.75 Å². The predicted octanol–water partition coefficient (Wildman–Crippen LogP) is 4.27. The van der Waals surface area contributed by atoms with Crippen LogP contribution in [0.4, 0.5) is 0 Å². The molecule has 0 atom stereocenters. The molecule has 0 fully saturated rings. The number of nitrogens with two attached hydrogens (primary N) is 1. The fourth-order valence-corrected chi connectivity index (χ4v) is 1.52. The summed E-state index contributed by atoms with van der Waals surface area (Å²) in [7, 11) is 0. The van der Waals surface area contributed by atoms with Crippen LogP contribution < -0.4 is 10.5 Å². The molecule has 19 heavy (non-hydrogen) atoms. The Labute approximate surface area is 120 Å². The zero-order chi connectivity index (χ0) is 14.1. The molecule has 2 nitrogen and oxygen atoms in total. The van der Waals surface area contributed by atoms with Crippen molar-refractivity contribution in [3.05, 3.63) is 65.2 Å². The second-order valence-corrected chi connectivity index (χ2v) is 4.91. The molecule has 2 N–H and O–H groups in total. The van der Waals surface area contributed by atoms with E-state index in [0.29, 0.717) is 12.6 Å². The van der Waals surface area contributed by atoms with E-state index in [9.17, 15) is 0 Å². The van der Waals surface area contributed by atoms with Gasteiger partial charge in [-0.15, -0.1) is 0 Å². The van der Waals surface area contributed by atoms with Gasteiger partial charge in [0.15, 0.2) is 0 Å². The van der Waals surface area contributed by atoms with Gasteiger partial charge in [0, 0.05) is 5.02 Å². The molecule has 0 saturated heterocycles. The van der Waals surface area contributed by atoms with E-state index in [1.165, 1.54) is 0 Å². The molecular formula is C16H20ClNO. The summed E-state index contributed by atoms with van der Waals surface area (Å²) in [6, 6.07) is 17.8. The van der Waals surface area contributed by atoms with Crippen LogP contribution in [-0.4, -0.2) is 6.04 Å². The summed E-state index contributed by atoms with van der Waals surface area (Å²) in [5.74, 6) is 0.873. The SMILES string of the molecule is CC(C)N.Clc1cccc(COc2ccccc2)c1. The Kier molecular flexibility index (Phi) is 7.01. The minimum absolute atomic E-state index is 0.333. The zero-order valence-corrected chi connectivity index (χ0v) is 12.1. The van der Waals surface area contributed by atoms with Crippen molar-refractivity contribution in [3.8, 4) is 5.75 Å². The normalized spacial score (nSPS) is 9.74. The highest BCUT2D eigenvalue weighted by Gasteiger charge is 1.95. The average Bonchev–Trinajstić information content (AvgIpc) is 2.37. The van der Waals surface area contributed by atoms with Gasteiger partial charge in [-0.25, -0.2) is 0 Å². The summed E-state index contributed by atoms with van der Waals surface area (Å²) in [6.07, 6.45) is 0. The molecule has 3 heteroatoms. The smallest absolute Gasteiger partial charge is 0.119 e. The van der Waals surface area contributed by atoms with Crippen LogP contribution in [0.3, 0.4) is 0 Å². The van der Waals surface area contributed by atoms with Crippen molar-refractivity contribution >= 4 is 11.6 Å². The first kappa shape index (κ1) is 15.5. The van der Waals surface area contributed by atoms with E-state index in [4.69, 9.17) is 22.1 Å². The van der Waals surface area contributed by atoms with Gasteiger partial charge >= 0.3 is 0 Å². The van der Waals surface area contributed by atoms with Crippen LogP contribution in [0, 0.1) is 0 Å². The molecule has 0 saturated carbocycles. The van der Waals surface area contributed by atoms with Crippen LogP contribution in [-0.2, 0) is 6.61 Å². The Morgan fingerprint density at radius 2 is 1.68 bits per heavy atom. The molecule has 0 unspecified atom stereocenters. The predicted molar refractivity (Wildman–Crippen MR) is 81.5 cm³/mol. The Bertz CT molecular complexity index is 468. The monoisotopic (exact) mass is 277 g/mol. The van der Waals surface area contributed by atoms with Gasteiger partial charge in [0.25, 0.3) is 0 Å². The van der Waals surface area contributed by atoms with Crippen molar-refractivity contribution in [1.82, 2.24) is 0 Å². The van der Waals surface area contributed by atoms with E-state index in [0.717, 1.165) is 16.3 Å². The minimum Gasteiger partial charge on any atom is -0.489 e. The number of benzene rings is 2. The molecule has 0 aliphatic rings. The second kappa shape index (κ2) is 8.57. The molecular weight excluding hydrogens is 258 g/mol. The van der Waals surface area contributed by atoms with Gasteiger partial charge in [0.2, 0.25) is 0 Å². The van der Waals surface area contributed by atoms with E-state index in [1.807, 2.05) is 68.4 Å². The lowest BCUT2D eigenvalue weighted by atomic mass is 10.2.